The monoisotopic (exact) mass is 506 g/mol. The third-order valence-electron chi connectivity index (χ3n) is 4.86. The lowest BCUT2D eigenvalue weighted by atomic mass is 10.1. The van der Waals surface area contributed by atoms with E-state index in [-0.39, 0.29) is 12.4 Å². The Bertz CT molecular complexity index is 1310. The first-order valence-corrected chi connectivity index (χ1v) is 9.92. The largest absolute Gasteiger partial charge is 0.480 e. The van der Waals surface area contributed by atoms with Gasteiger partial charge in [0.05, 0.1) is 23.5 Å². The normalized spacial score (nSPS) is 13.3. The second-order valence-electron chi connectivity index (χ2n) is 7.12. The average molecular weight is 506 g/mol. The number of halogens is 7. The smallest absolute Gasteiger partial charge is 0.425 e. The predicted molar refractivity (Wildman–Crippen MR) is 109 cm³/mol. The second-order valence-corrected chi connectivity index (χ2v) is 7.12. The Kier molecular flexibility index (Phi) is 7.33. The molecule has 0 amide bonds. The maximum absolute atomic E-state index is 15.0. The van der Waals surface area contributed by atoms with Gasteiger partial charge in [0.2, 0.25) is 0 Å². The second kappa shape index (κ2) is 9.90. The number of aromatic nitrogens is 4. The highest BCUT2D eigenvalue weighted by molar-refractivity contribution is 5.80. The summed E-state index contributed by atoms with van der Waals surface area (Å²) in [6.45, 7) is 1.45. The van der Waals surface area contributed by atoms with Crippen LogP contribution in [-0.4, -0.2) is 36.7 Å². The van der Waals surface area contributed by atoms with Gasteiger partial charge < -0.3 is 9.84 Å². The van der Waals surface area contributed by atoms with Crippen LogP contribution in [0, 0.1) is 17.5 Å². The molecule has 7 nitrogen and oxygen atoms in total. The van der Waals surface area contributed by atoms with Crippen molar-refractivity contribution in [2.45, 2.75) is 39.3 Å². The van der Waals surface area contributed by atoms with Crippen LogP contribution in [0.3, 0.4) is 0 Å². The maximum atomic E-state index is 15.0. The lowest BCUT2D eigenvalue weighted by molar-refractivity contribution is -0.189. The van der Waals surface area contributed by atoms with Crippen molar-refractivity contribution in [3.8, 4) is 11.4 Å². The number of hydrogen-bond acceptors (Lipinski definition) is 5. The molecular formula is C21H17F7N4O3. The zero-order valence-electron chi connectivity index (χ0n) is 18.1. The van der Waals surface area contributed by atoms with Crippen molar-refractivity contribution in [1.29, 1.82) is 0 Å². The Hall–Kier alpha value is -3.68. The number of rotatable bonds is 7. The lowest BCUT2D eigenvalue weighted by Gasteiger charge is -2.20. The van der Waals surface area contributed by atoms with Gasteiger partial charge in [-0.2, -0.15) is 17.9 Å². The number of aliphatic hydroxyl groups is 1. The van der Waals surface area contributed by atoms with Crippen LogP contribution in [-0.2, 0) is 13.2 Å². The molecular weight excluding hydrogens is 489 g/mol. The molecule has 0 spiro atoms. The van der Waals surface area contributed by atoms with Gasteiger partial charge in [0.1, 0.15) is 29.7 Å². The molecule has 0 unspecified atom stereocenters. The van der Waals surface area contributed by atoms with Crippen LogP contribution in [0.4, 0.5) is 30.7 Å². The SMILES string of the molecule is CCn1c(CO)nn(-c2cc(O[C@@H](C)C(F)(F)F)c(/C(F)=C/c3c(F)cncc3F)cc2F)c1=O. The van der Waals surface area contributed by atoms with Gasteiger partial charge in [0.15, 0.2) is 23.6 Å². The molecule has 3 rings (SSSR count). The molecule has 1 N–H and O–H groups in total. The van der Waals surface area contributed by atoms with E-state index in [1.165, 1.54) is 6.92 Å². The third kappa shape index (κ3) is 5.21. The number of nitrogens with zero attached hydrogens (tertiary/aromatic N) is 4. The zero-order valence-corrected chi connectivity index (χ0v) is 18.1. The van der Waals surface area contributed by atoms with E-state index >= 15 is 4.39 Å². The minimum absolute atomic E-state index is 0.0311. The first-order chi connectivity index (χ1) is 16.4. The van der Waals surface area contributed by atoms with Gasteiger partial charge in [0, 0.05) is 12.6 Å². The molecule has 2 heterocycles. The van der Waals surface area contributed by atoms with Crippen LogP contribution in [0.5, 0.6) is 5.75 Å². The summed E-state index contributed by atoms with van der Waals surface area (Å²) in [6.07, 6.45) is -5.98. The fourth-order valence-corrected chi connectivity index (χ4v) is 3.04. The summed E-state index contributed by atoms with van der Waals surface area (Å²) in [5, 5.41) is 13.1. The number of aliphatic hydroxyl groups excluding tert-OH is 1. The van der Waals surface area contributed by atoms with Crippen LogP contribution in [0.1, 0.15) is 30.8 Å². The van der Waals surface area contributed by atoms with E-state index in [1.807, 2.05) is 0 Å². The van der Waals surface area contributed by atoms with Crippen molar-refractivity contribution < 1.29 is 40.6 Å². The molecule has 14 heteroatoms. The standard InChI is InChI=1S/C21H17F7N4O3/c1-3-31-19(9-33)30-32(20(31)34)17-6-18(35-10(2)21(26,27)28)12(5-14(17)23)13(22)4-11-15(24)7-29-8-16(11)25/h4-8,10,33H,3,9H2,1-2H3/b13-4-/t10-/m0/s1. The van der Waals surface area contributed by atoms with E-state index in [1.54, 1.807) is 0 Å². The number of pyridine rings is 1. The summed E-state index contributed by atoms with van der Waals surface area (Å²) in [6, 6.07) is 0.988. The van der Waals surface area contributed by atoms with Gasteiger partial charge in [-0.15, -0.1) is 5.10 Å². The molecule has 3 aromatic rings. The Morgan fingerprint density at radius 3 is 2.31 bits per heavy atom. The Labute approximate surface area is 192 Å². The number of alkyl halides is 3. The molecule has 188 valence electrons. The van der Waals surface area contributed by atoms with Gasteiger partial charge >= 0.3 is 11.9 Å². The minimum atomic E-state index is -4.92. The van der Waals surface area contributed by atoms with Crippen molar-refractivity contribution in [2.75, 3.05) is 0 Å². The van der Waals surface area contributed by atoms with E-state index in [2.05, 4.69) is 10.1 Å². The summed E-state index contributed by atoms with van der Waals surface area (Å²) < 4.78 is 103. The number of hydrogen-bond donors (Lipinski definition) is 1. The molecule has 0 aliphatic rings. The number of benzene rings is 1. The Balaban J connectivity index is 2.24. The highest BCUT2D eigenvalue weighted by Crippen LogP contribution is 2.35. The van der Waals surface area contributed by atoms with Gasteiger partial charge in [-0.25, -0.2) is 22.4 Å². The van der Waals surface area contributed by atoms with Crippen LogP contribution in [0.25, 0.3) is 17.6 Å². The van der Waals surface area contributed by atoms with Crippen molar-refractivity contribution in [2.24, 2.45) is 0 Å². The molecule has 0 radical (unpaired) electrons. The summed E-state index contributed by atoms with van der Waals surface area (Å²) in [5.74, 6) is -6.47. The first-order valence-electron chi connectivity index (χ1n) is 9.92. The average Bonchev–Trinajstić information content (AvgIpc) is 3.11. The summed E-state index contributed by atoms with van der Waals surface area (Å²) >= 11 is 0. The third-order valence-corrected chi connectivity index (χ3v) is 4.86. The summed E-state index contributed by atoms with van der Waals surface area (Å²) in [4.78, 5) is 15.8. The Morgan fingerprint density at radius 1 is 1.17 bits per heavy atom. The van der Waals surface area contributed by atoms with Gasteiger partial charge in [-0.05, 0) is 26.0 Å². The number of ether oxygens (including phenoxy) is 1. The topological polar surface area (TPSA) is 82.2 Å². The molecule has 0 aliphatic carbocycles. The van der Waals surface area contributed by atoms with E-state index in [0.717, 1.165) is 4.57 Å². The first kappa shape index (κ1) is 25.9. The van der Waals surface area contributed by atoms with Gasteiger partial charge in [-0.1, -0.05) is 0 Å². The van der Waals surface area contributed by atoms with Crippen LogP contribution < -0.4 is 10.4 Å². The zero-order chi connectivity index (χ0) is 26.1. The fraction of sp³-hybridized carbons (Fsp3) is 0.286. The van der Waals surface area contributed by atoms with E-state index in [9.17, 15) is 36.2 Å². The maximum Gasteiger partial charge on any atom is 0.425 e. The van der Waals surface area contributed by atoms with Crippen molar-refractivity contribution in [3.63, 3.8) is 0 Å². The van der Waals surface area contributed by atoms with Crippen LogP contribution >= 0.6 is 0 Å². The van der Waals surface area contributed by atoms with Crippen molar-refractivity contribution in [3.05, 3.63) is 69.4 Å². The van der Waals surface area contributed by atoms with E-state index in [0.29, 0.717) is 42.2 Å². The fourth-order valence-electron chi connectivity index (χ4n) is 3.04. The van der Waals surface area contributed by atoms with Crippen molar-refractivity contribution in [1.82, 2.24) is 19.3 Å². The van der Waals surface area contributed by atoms with E-state index < -0.39 is 70.4 Å². The summed E-state index contributed by atoms with van der Waals surface area (Å²) in [5.41, 5.74) is -3.47. The molecule has 0 fully saturated rings. The highest BCUT2D eigenvalue weighted by Gasteiger charge is 2.39. The molecule has 0 saturated heterocycles. The summed E-state index contributed by atoms with van der Waals surface area (Å²) in [7, 11) is 0. The van der Waals surface area contributed by atoms with E-state index in [4.69, 9.17) is 4.74 Å². The van der Waals surface area contributed by atoms with Crippen molar-refractivity contribution >= 4 is 11.9 Å². The van der Waals surface area contributed by atoms with Gasteiger partial charge in [-0.3, -0.25) is 9.55 Å². The quantitative estimate of drug-likeness (QED) is 0.487. The predicted octanol–water partition coefficient (Wildman–Crippen LogP) is 4.16. The highest BCUT2D eigenvalue weighted by atomic mass is 19.4. The molecule has 35 heavy (non-hydrogen) atoms. The molecule has 0 bridgehead atoms. The van der Waals surface area contributed by atoms with Gasteiger partial charge in [0.25, 0.3) is 0 Å². The van der Waals surface area contributed by atoms with Crippen LogP contribution in [0.2, 0.25) is 0 Å². The molecule has 2 aromatic heterocycles. The lowest BCUT2D eigenvalue weighted by Crippen LogP contribution is -2.31. The molecule has 0 aliphatic heterocycles. The minimum Gasteiger partial charge on any atom is -0.480 e. The van der Waals surface area contributed by atoms with Crippen LogP contribution in [0.15, 0.2) is 29.3 Å². The molecule has 1 atom stereocenters. The Morgan fingerprint density at radius 2 is 1.80 bits per heavy atom. The molecule has 1 aromatic carbocycles. The molecule has 0 saturated carbocycles.